The van der Waals surface area contributed by atoms with Crippen LogP contribution < -0.4 is 10.1 Å². The van der Waals surface area contributed by atoms with E-state index in [0.29, 0.717) is 11.8 Å². The van der Waals surface area contributed by atoms with Crippen molar-refractivity contribution in [2.75, 3.05) is 12.9 Å². The lowest BCUT2D eigenvalue weighted by Crippen LogP contribution is -2.27. The Balaban J connectivity index is 1.79. The molecule has 18 heavy (non-hydrogen) atoms. The number of rotatable bonds is 6. The van der Waals surface area contributed by atoms with E-state index in [1.165, 1.54) is 0 Å². The molecule has 0 aromatic heterocycles. The molecule has 3 nitrogen and oxygen atoms in total. The van der Waals surface area contributed by atoms with E-state index in [1.54, 1.807) is 18.9 Å². The molecule has 0 atom stereocenters. The van der Waals surface area contributed by atoms with E-state index in [9.17, 15) is 4.79 Å². The number of halogens is 1. The van der Waals surface area contributed by atoms with E-state index in [0.717, 1.165) is 34.4 Å². The Kier molecular flexibility index (Phi) is 4.95. The molecule has 0 saturated heterocycles. The fourth-order valence-electron chi connectivity index (χ4n) is 1.54. The van der Waals surface area contributed by atoms with Gasteiger partial charge in [0.1, 0.15) is 5.75 Å². The van der Waals surface area contributed by atoms with Gasteiger partial charge in [0.15, 0.2) is 0 Å². The maximum Gasteiger partial charge on any atom is 0.230 e. The molecular formula is C13H16BrNO2S. The van der Waals surface area contributed by atoms with Gasteiger partial charge in [-0.3, -0.25) is 4.79 Å². The van der Waals surface area contributed by atoms with Crippen LogP contribution in [0.15, 0.2) is 22.7 Å². The first-order valence-corrected chi connectivity index (χ1v) is 7.83. The Morgan fingerprint density at radius 2 is 2.33 bits per heavy atom. The molecule has 1 aromatic carbocycles. The van der Waals surface area contributed by atoms with Crippen LogP contribution in [0.5, 0.6) is 5.75 Å². The molecule has 0 aliphatic heterocycles. The van der Waals surface area contributed by atoms with Gasteiger partial charge in [0.25, 0.3) is 0 Å². The Morgan fingerprint density at radius 1 is 1.56 bits per heavy atom. The molecule has 98 valence electrons. The molecule has 2 rings (SSSR count). The van der Waals surface area contributed by atoms with E-state index in [-0.39, 0.29) is 5.91 Å². The van der Waals surface area contributed by atoms with Crippen LogP contribution in [0, 0.1) is 0 Å². The van der Waals surface area contributed by atoms with Crippen LogP contribution in [0.3, 0.4) is 0 Å². The predicted octanol–water partition coefficient (Wildman–Crippen LogP) is 2.97. The second kappa shape index (κ2) is 6.48. The zero-order valence-electron chi connectivity index (χ0n) is 10.2. The molecular weight excluding hydrogens is 314 g/mol. The van der Waals surface area contributed by atoms with E-state index >= 15 is 0 Å². The lowest BCUT2D eigenvalue weighted by molar-refractivity contribution is -0.118. The quantitative estimate of drug-likeness (QED) is 0.871. The monoisotopic (exact) mass is 329 g/mol. The van der Waals surface area contributed by atoms with Crippen LogP contribution >= 0.6 is 27.7 Å². The highest BCUT2D eigenvalue weighted by Crippen LogP contribution is 2.26. The largest absolute Gasteiger partial charge is 0.497 e. The van der Waals surface area contributed by atoms with Crippen molar-refractivity contribution in [3.63, 3.8) is 0 Å². The molecule has 0 heterocycles. The number of carbonyl (C=O) groups excluding carboxylic acids is 1. The zero-order chi connectivity index (χ0) is 13.0. The number of nitrogens with one attached hydrogen (secondary N) is 1. The molecule has 1 amide bonds. The SMILES string of the molecule is COc1ccc(Br)c(CSCC(=O)NC2CC2)c1. The number of hydrogen-bond donors (Lipinski definition) is 1. The summed E-state index contributed by atoms with van der Waals surface area (Å²) in [5.74, 6) is 2.30. The van der Waals surface area contributed by atoms with Crippen molar-refractivity contribution in [2.24, 2.45) is 0 Å². The summed E-state index contributed by atoms with van der Waals surface area (Å²) in [6, 6.07) is 6.33. The first-order valence-electron chi connectivity index (χ1n) is 5.88. The predicted molar refractivity (Wildman–Crippen MR) is 78.0 cm³/mol. The zero-order valence-corrected chi connectivity index (χ0v) is 12.6. The minimum absolute atomic E-state index is 0.140. The third-order valence-corrected chi connectivity index (χ3v) is 4.44. The van der Waals surface area contributed by atoms with Crippen molar-refractivity contribution >= 4 is 33.6 Å². The maximum absolute atomic E-state index is 11.5. The molecule has 0 spiro atoms. The molecule has 5 heteroatoms. The molecule has 1 N–H and O–H groups in total. The highest BCUT2D eigenvalue weighted by atomic mass is 79.9. The normalized spacial score (nSPS) is 14.3. The van der Waals surface area contributed by atoms with Crippen LogP contribution in [0.2, 0.25) is 0 Å². The molecule has 1 aliphatic carbocycles. The molecule has 0 radical (unpaired) electrons. The van der Waals surface area contributed by atoms with Crippen LogP contribution in [-0.4, -0.2) is 24.8 Å². The smallest absolute Gasteiger partial charge is 0.230 e. The summed E-state index contributed by atoms with van der Waals surface area (Å²) in [7, 11) is 1.66. The topological polar surface area (TPSA) is 38.3 Å². The Hall–Kier alpha value is -0.680. The summed E-state index contributed by atoms with van der Waals surface area (Å²) < 4.78 is 6.24. The Morgan fingerprint density at radius 3 is 3.00 bits per heavy atom. The van der Waals surface area contributed by atoms with E-state index < -0.39 is 0 Å². The number of benzene rings is 1. The second-order valence-corrected chi connectivity index (χ2v) is 6.13. The third-order valence-electron chi connectivity index (χ3n) is 2.69. The number of hydrogen-bond acceptors (Lipinski definition) is 3. The first-order chi connectivity index (χ1) is 8.69. The van der Waals surface area contributed by atoms with E-state index in [2.05, 4.69) is 21.2 Å². The lowest BCUT2D eigenvalue weighted by Gasteiger charge is -2.07. The van der Waals surface area contributed by atoms with Gasteiger partial charge in [0.05, 0.1) is 12.9 Å². The minimum Gasteiger partial charge on any atom is -0.497 e. The number of methoxy groups -OCH3 is 1. The maximum atomic E-state index is 11.5. The highest BCUT2D eigenvalue weighted by molar-refractivity contribution is 9.10. The van der Waals surface area contributed by atoms with Gasteiger partial charge in [-0.1, -0.05) is 15.9 Å². The van der Waals surface area contributed by atoms with Gasteiger partial charge in [-0.05, 0) is 36.6 Å². The van der Waals surface area contributed by atoms with Crippen molar-refractivity contribution in [2.45, 2.75) is 24.6 Å². The van der Waals surface area contributed by atoms with Crippen molar-refractivity contribution in [1.29, 1.82) is 0 Å². The van der Waals surface area contributed by atoms with Gasteiger partial charge < -0.3 is 10.1 Å². The highest BCUT2D eigenvalue weighted by Gasteiger charge is 2.22. The first kappa shape index (κ1) is 13.7. The minimum atomic E-state index is 0.140. The molecule has 1 aromatic rings. The Bertz CT molecular complexity index is 435. The summed E-state index contributed by atoms with van der Waals surface area (Å²) in [5.41, 5.74) is 1.15. The van der Waals surface area contributed by atoms with Crippen molar-refractivity contribution < 1.29 is 9.53 Å². The number of thioether (sulfide) groups is 1. The fraction of sp³-hybridized carbons (Fsp3) is 0.462. The van der Waals surface area contributed by atoms with Gasteiger partial charge in [-0.2, -0.15) is 0 Å². The molecule has 0 bridgehead atoms. The standard InChI is InChI=1S/C13H16BrNO2S/c1-17-11-4-5-12(14)9(6-11)7-18-8-13(16)15-10-2-3-10/h4-6,10H,2-3,7-8H2,1H3,(H,15,16). The van der Waals surface area contributed by atoms with Crippen molar-refractivity contribution in [3.8, 4) is 5.75 Å². The fourth-order valence-corrected chi connectivity index (χ4v) is 2.94. The summed E-state index contributed by atoms with van der Waals surface area (Å²) in [5, 5.41) is 2.98. The van der Waals surface area contributed by atoms with Crippen LogP contribution in [-0.2, 0) is 10.5 Å². The summed E-state index contributed by atoms with van der Waals surface area (Å²) in [6.45, 7) is 0. The van der Waals surface area contributed by atoms with E-state index in [1.807, 2.05) is 18.2 Å². The third kappa shape index (κ3) is 4.21. The lowest BCUT2D eigenvalue weighted by atomic mass is 10.2. The second-order valence-electron chi connectivity index (χ2n) is 4.29. The summed E-state index contributed by atoms with van der Waals surface area (Å²) in [6.07, 6.45) is 2.27. The number of amides is 1. The van der Waals surface area contributed by atoms with Gasteiger partial charge in [-0.15, -0.1) is 11.8 Å². The van der Waals surface area contributed by atoms with Crippen LogP contribution in [0.4, 0.5) is 0 Å². The molecule has 1 aliphatic rings. The Labute approximate surface area is 120 Å². The molecule has 1 saturated carbocycles. The number of ether oxygens (including phenoxy) is 1. The van der Waals surface area contributed by atoms with Gasteiger partial charge >= 0.3 is 0 Å². The number of carbonyl (C=O) groups is 1. The summed E-state index contributed by atoms with van der Waals surface area (Å²) in [4.78, 5) is 11.5. The van der Waals surface area contributed by atoms with Crippen molar-refractivity contribution in [1.82, 2.24) is 5.32 Å². The summed E-state index contributed by atoms with van der Waals surface area (Å²) >= 11 is 5.13. The van der Waals surface area contributed by atoms with E-state index in [4.69, 9.17) is 4.74 Å². The van der Waals surface area contributed by atoms with Crippen LogP contribution in [0.1, 0.15) is 18.4 Å². The van der Waals surface area contributed by atoms with Crippen LogP contribution in [0.25, 0.3) is 0 Å². The van der Waals surface area contributed by atoms with Crippen molar-refractivity contribution in [3.05, 3.63) is 28.2 Å². The molecule has 1 fully saturated rings. The van der Waals surface area contributed by atoms with Gasteiger partial charge in [-0.25, -0.2) is 0 Å². The van der Waals surface area contributed by atoms with Gasteiger partial charge in [0, 0.05) is 16.3 Å². The average molecular weight is 330 g/mol. The van der Waals surface area contributed by atoms with Gasteiger partial charge in [0.2, 0.25) is 5.91 Å². The average Bonchev–Trinajstić information content (AvgIpc) is 3.15. The molecule has 0 unspecified atom stereocenters.